The fourth-order valence-corrected chi connectivity index (χ4v) is 3.10. The van der Waals surface area contributed by atoms with Gasteiger partial charge in [0.15, 0.2) is 5.75 Å². The van der Waals surface area contributed by atoms with Crippen molar-refractivity contribution in [2.75, 3.05) is 13.7 Å². The van der Waals surface area contributed by atoms with Crippen molar-refractivity contribution in [2.45, 2.75) is 39.3 Å². The minimum atomic E-state index is 0.242. The van der Waals surface area contributed by atoms with Gasteiger partial charge >= 0.3 is 0 Å². The van der Waals surface area contributed by atoms with E-state index in [9.17, 15) is 0 Å². The Morgan fingerprint density at radius 1 is 1.45 bits per heavy atom. The number of methoxy groups -OCH3 is 1. The molecule has 110 valence electrons. The van der Waals surface area contributed by atoms with Crippen molar-refractivity contribution in [3.63, 3.8) is 0 Å². The summed E-state index contributed by atoms with van der Waals surface area (Å²) in [4.78, 5) is 1.38. The molecule has 0 aromatic carbocycles. The van der Waals surface area contributed by atoms with E-state index in [1.807, 2.05) is 10.9 Å². The first-order chi connectivity index (χ1) is 9.80. The smallest absolute Gasteiger partial charge is 0.161 e. The molecule has 2 heterocycles. The summed E-state index contributed by atoms with van der Waals surface area (Å²) in [7, 11) is 1.71. The van der Waals surface area contributed by atoms with Crippen LogP contribution in [0.3, 0.4) is 0 Å². The standard InChI is InChI=1S/C15H23N3OS/c1-4-8-16-13(10-12-7-6-9-20-12)15-14(19-3)11-17-18(15)5-2/h6-7,9,11,13,16H,4-5,8,10H2,1-3H3. The third kappa shape index (κ3) is 3.41. The third-order valence-corrected chi connectivity index (χ3v) is 4.22. The first-order valence-electron chi connectivity index (χ1n) is 7.15. The first-order valence-corrected chi connectivity index (χ1v) is 8.03. The lowest BCUT2D eigenvalue weighted by molar-refractivity contribution is 0.390. The molecule has 2 rings (SSSR count). The van der Waals surface area contributed by atoms with Gasteiger partial charge in [-0.25, -0.2) is 0 Å². The number of rotatable bonds is 8. The molecule has 2 aromatic heterocycles. The molecular formula is C15H23N3OS. The predicted octanol–water partition coefficient (Wildman–Crippen LogP) is 3.26. The van der Waals surface area contributed by atoms with Gasteiger partial charge in [0.25, 0.3) is 0 Å². The van der Waals surface area contributed by atoms with Crippen LogP contribution in [0.2, 0.25) is 0 Å². The van der Waals surface area contributed by atoms with Gasteiger partial charge in [-0.3, -0.25) is 4.68 Å². The molecule has 0 aliphatic carbocycles. The Hall–Kier alpha value is -1.33. The second-order valence-corrected chi connectivity index (χ2v) is 5.74. The van der Waals surface area contributed by atoms with Gasteiger partial charge in [-0.15, -0.1) is 11.3 Å². The molecule has 0 radical (unpaired) electrons. The van der Waals surface area contributed by atoms with Gasteiger partial charge < -0.3 is 10.1 Å². The normalized spacial score (nSPS) is 12.6. The largest absolute Gasteiger partial charge is 0.493 e. The van der Waals surface area contributed by atoms with Gasteiger partial charge in [0.2, 0.25) is 0 Å². The fourth-order valence-electron chi connectivity index (χ4n) is 2.35. The summed E-state index contributed by atoms with van der Waals surface area (Å²) < 4.78 is 7.52. The highest BCUT2D eigenvalue weighted by molar-refractivity contribution is 7.09. The number of nitrogens with one attached hydrogen (secondary N) is 1. The molecule has 0 aliphatic heterocycles. The molecule has 0 saturated heterocycles. The maximum atomic E-state index is 5.49. The highest BCUT2D eigenvalue weighted by Crippen LogP contribution is 2.28. The Morgan fingerprint density at radius 2 is 2.30 bits per heavy atom. The second kappa shape index (κ2) is 7.45. The molecule has 0 saturated carbocycles. The molecule has 0 fully saturated rings. The maximum Gasteiger partial charge on any atom is 0.161 e. The van der Waals surface area contributed by atoms with Gasteiger partial charge in [-0.1, -0.05) is 13.0 Å². The van der Waals surface area contributed by atoms with E-state index in [2.05, 4.69) is 41.8 Å². The zero-order chi connectivity index (χ0) is 14.4. The highest BCUT2D eigenvalue weighted by Gasteiger charge is 2.21. The molecule has 5 heteroatoms. The van der Waals surface area contributed by atoms with Crippen molar-refractivity contribution < 1.29 is 4.74 Å². The molecule has 1 N–H and O–H groups in total. The van der Waals surface area contributed by atoms with Crippen molar-refractivity contribution in [3.05, 3.63) is 34.3 Å². The number of hydrogen-bond donors (Lipinski definition) is 1. The van der Waals surface area contributed by atoms with Crippen LogP contribution in [-0.2, 0) is 13.0 Å². The van der Waals surface area contributed by atoms with Crippen LogP contribution < -0.4 is 10.1 Å². The van der Waals surface area contributed by atoms with Crippen LogP contribution in [0.5, 0.6) is 5.75 Å². The van der Waals surface area contributed by atoms with Gasteiger partial charge in [-0.05, 0) is 31.3 Å². The van der Waals surface area contributed by atoms with Crippen LogP contribution in [0.15, 0.2) is 23.7 Å². The zero-order valence-electron chi connectivity index (χ0n) is 12.4. The Labute approximate surface area is 124 Å². The van der Waals surface area contributed by atoms with E-state index < -0.39 is 0 Å². The SMILES string of the molecule is CCCNC(Cc1cccs1)c1c(OC)cnn1CC. The van der Waals surface area contributed by atoms with Crippen LogP contribution in [-0.4, -0.2) is 23.4 Å². The lowest BCUT2D eigenvalue weighted by Gasteiger charge is -2.20. The van der Waals surface area contributed by atoms with Crippen LogP contribution in [0, 0.1) is 0 Å². The number of ether oxygens (including phenoxy) is 1. The topological polar surface area (TPSA) is 39.1 Å². The number of nitrogens with zero attached hydrogens (tertiary/aromatic N) is 2. The molecule has 1 atom stereocenters. The average molecular weight is 293 g/mol. The van der Waals surface area contributed by atoms with Crippen molar-refractivity contribution in [1.29, 1.82) is 0 Å². The molecule has 4 nitrogen and oxygen atoms in total. The lowest BCUT2D eigenvalue weighted by Crippen LogP contribution is -2.26. The number of hydrogen-bond acceptors (Lipinski definition) is 4. The average Bonchev–Trinajstić information content (AvgIpc) is 3.11. The van der Waals surface area contributed by atoms with Crippen molar-refractivity contribution >= 4 is 11.3 Å². The van der Waals surface area contributed by atoms with Crippen LogP contribution >= 0.6 is 11.3 Å². The Balaban J connectivity index is 2.27. The van der Waals surface area contributed by atoms with Crippen molar-refractivity contribution in [3.8, 4) is 5.75 Å². The molecule has 20 heavy (non-hydrogen) atoms. The lowest BCUT2D eigenvalue weighted by atomic mass is 10.1. The van der Waals surface area contributed by atoms with E-state index in [0.717, 1.165) is 37.4 Å². The number of aromatic nitrogens is 2. The molecule has 1 unspecified atom stereocenters. The Bertz CT molecular complexity index is 486. The molecular weight excluding hydrogens is 270 g/mol. The summed E-state index contributed by atoms with van der Waals surface area (Å²) in [6.45, 7) is 6.14. The van der Waals surface area contributed by atoms with Gasteiger partial charge in [0.1, 0.15) is 0 Å². The molecule has 0 aliphatic rings. The quantitative estimate of drug-likeness (QED) is 0.812. The van der Waals surface area contributed by atoms with E-state index in [0.29, 0.717) is 0 Å². The minimum absolute atomic E-state index is 0.242. The van der Waals surface area contributed by atoms with Gasteiger partial charge in [0.05, 0.1) is 25.0 Å². The van der Waals surface area contributed by atoms with Crippen molar-refractivity contribution in [1.82, 2.24) is 15.1 Å². The summed E-state index contributed by atoms with van der Waals surface area (Å²) in [6.07, 6.45) is 3.90. The van der Waals surface area contributed by atoms with Gasteiger partial charge in [0, 0.05) is 17.8 Å². The van der Waals surface area contributed by atoms with E-state index in [4.69, 9.17) is 4.74 Å². The zero-order valence-corrected chi connectivity index (χ0v) is 13.2. The minimum Gasteiger partial charge on any atom is -0.493 e. The second-order valence-electron chi connectivity index (χ2n) is 4.70. The first kappa shape index (κ1) is 15.1. The Kier molecular flexibility index (Phi) is 5.61. The molecule has 2 aromatic rings. The molecule has 0 bridgehead atoms. The Morgan fingerprint density at radius 3 is 2.90 bits per heavy atom. The van der Waals surface area contributed by atoms with E-state index in [-0.39, 0.29) is 6.04 Å². The monoisotopic (exact) mass is 293 g/mol. The maximum absolute atomic E-state index is 5.49. The van der Waals surface area contributed by atoms with Crippen LogP contribution in [0.25, 0.3) is 0 Å². The summed E-state index contributed by atoms with van der Waals surface area (Å²) in [5.74, 6) is 0.872. The van der Waals surface area contributed by atoms with Crippen LogP contribution in [0.4, 0.5) is 0 Å². The van der Waals surface area contributed by atoms with Gasteiger partial charge in [-0.2, -0.15) is 5.10 Å². The third-order valence-electron chi connectivity index (χ3n) is 3.32. The van der Waals surface area contributed by atoms with E-state index >= 15 is 0 Å². The summed E-state index contributed by atoms with van der Waals surface area (Å²) in [6, 6.07) is 4.53. The molecule has 0 spiro atoms. The number of aryl methyl sites for hydroxylation is 1. The van der Waals surface area contributed by atoms with Crippen LogP contribution in [0.1, 0.15) is 36.9 Å². The summed E-state index contributed by atoms with van der Waals surface area (Å²) in [5.41, 5.74) is 1.15. The molecule has 0 amide bonds. The summed E-state index contributed by atoms with van der Waals surface area (Å²) in [5, 5.41) is 10.2. The predicted molar refractivity (Wildman–Crippen MR) is 83.5 cm³/mol. The highest BCUT2D eigenvalue weighted by atomic mass is 32.1. The van der Waals surface area contributed by atoms with Crippen molar-refractivity contribution in [2.24, 2.45) is 0 Å². The van der Waals surface area contributed by atoms with E-state index in [1.165, 1.54) is 4.88 Å². The van der Waals surface area contributed by atoms with E-state index in [1.54, 1.807) is 18.4 Å². The fraction of sp³-hybridized carbons (Fsp3) is 0.533. The number of thiophene rings is 1. The summed E-state index contributed by atoms with van der Waals surface area (Å²) >= 11 is 1.80.